The third-order valence-electron chi connectivity index (χ3n) is 4.65. The van der Waals surface area contributed by atoms with E-state index in [1.165, 1.54) is 24.3 Å². The number of sulfone groups is 1. The fourth-order valence-electron chi connectivity index (χ4n) is 3.24. The Kier molecular flexibility index (Phi) is 6.25. The lowest BCUT2D eigenvalue weighted by atomic mass is 10.1. The average molecular weight is 426 g/mol. The molecule has 1 heterocycles. The maximum Gasteiger partial charge on any atom is 0.263 e. The Hall–Kier alpha value is -2.12. The van der Waals surface area contributed by atoms with Crippen LogP contribution in [0.15, 0.2) is 48.5 Å². The standard InChI is InChI=1S/C20H21ClFNO4S/c1-14(27-19-7-5-17(22)6-8-19)20(24)23(18-9-10-28(25,26)13-18)12-15-3-2-4-16(21)11-15/h2-8,11,14,18H,9-10,12-13H2,1H3. The summed E-state index contributed by atoms with van der Waals surface area (Å²) in [6, 6.07) is 12.1. The summed E-state index contributed by atoms with van der Waals surface area (Å²) in [7, 11) is -3.17. The first-order chi connectivity index (χ1) is 13.2. The lowest BCUT2D eigenvalue weighted by molar-refractivity contribution is -0.140. The fraction of sp³-hybridized carbons (Fsp3) is 0.350. The average Bonchev–Trinajstić information content (AvgIpc) is 3.00. The molecule has 0 spiro atoms. The van der Waals surface area contributed by atoms with Crippen LogP contribution in [0.2, 0.25) is 5.02 Å². The molecule has 0 aromatic heterocycles. The molecule has 2 atom stereocenters. The van der Waals surface area contributed by atoms with E-state index in [4.69, 9.17) is 16.3 Å². The van der Waals surface area contributed by atoms with Crippen LogP contribution in [0.25, 0.3) is 0 Å². The highest BCUT2D eigenvalue weighted by Crippen LogP contribution is 2.23. The molecule has 28 heavy (non-hydrogen) atoms. The number of carbonyl (C=O) groups excluding carboxylic acids is 1. The summed E-state index contributed by atoms with van der Waals surface area (Å²) in [5, 5.41) is 0.541. The normalized spacial score (nSPS) is 19.2. The first-order valence-electron chi connectivity index (χ1n) is 8.91. The Balaban J connectivity index is 1.80. The van der Waals surface area contributed by atoms with Gasteiger partial charge in [-0.05, 0) is 55.3 Å². The molecule has 5 nitrogen and oxygen atoms in total. The molecular weight excluding hydrogens is 405 g/mol. The monoisotopic (exact) mass is 425 g/mol. The van der Waals surface area contributed by atoms with Crippen LogP contribution in [-0.2, 0) is 21.2 Å². The van der Waals surface area contributed by atoms with E-state index in [0.29, 0.717) is 17.2 Å². The van der Waals surface area contributed by atoms with Crippen LogP contribution < -0.4 is 4.74 Å². The van der Waals surface area contributed by atoms with Gasteiger partial charge in [-0.3, -0.25) is 4.79 Å². The molecule has 1 aliphatic rings. The summed E-state index contributed by atoms with van der Waals surface area (Å²) in [4.78, 5) is 14.6. The summed E-state index contributed by atoms with van der Waals surface area (Å²) in [6.07, 6.45) is -0.467. The molecule has 150 valence electrons. The molecule has 3 rings (SSSR count). The predicted octanol–water partition coefficient (Wildman–Crippen LogP) is 3.46. The van der Waals surface area contributed by atoms with Crippen LogP contribution >= 0.6 is 11.6 Å². The Morgan fingerprint density at radius 2 is 2.00 bits per heavy atom. The molecule has 8 heteroatoms. The zero-order valence-corrected chi connectivity index (χ0v) is 16.9. The van der Waals surface area contributed by atoms with Gasteiger partial charge in [0.05, 0.1) is 11.5 Å². The summed E-state index contributed by atoms with van der Waals surface area (Å²) in [6.45, 7) is 1.83. The van der Waals surface area contributed by atoms with Gasteiger partial charge in [-0.25, -0.2) is 12.8 Å². The Bertz CT molecular complexity index is 949. The maximum atomic E-state index is 13.1. The summed E-state index contributed by atoms with van der Waals surface area (Å²) in [5.41, 5.74) is 0.805. The number of benzene rings is 2. The first kappa shape index (κ1) is 20.6. The molecule has 0 aliphatic carbocycles. The molecule has 1 fully saturated rings. The van der Waals surface area contributed by atoms with Crippen molar-refractivity contribution in [1.29, 1.82) is 0 Å². The highest BCUT2D eigenvalue weighted by Gasteiger charge is 2.36. The van der Waals surface area contributed by atoms with Crippen molar-refractivity contribution >= 4 is 27.3 Å². The molecule has 2 aromatic rings. The minimum absolute atomic E-state index is 0.0597. The van der Waals surface area contributed by atoms with Gasteiger partial charge in [0.25, 0.3) is 5.91 Å². The second kappa shape index (κ2) is 8.49. The zero-order chi connectivity index (χ0) is 20.3. The van der Waals surface area contributed by atoms with E-state index < -0.39 is 27.8 Å². The topological polar surface area (TPSA) is 63.7 Å². The summed E-state index contributed by atoms with van der Waals surface area (Å²) in [5.74, 6) is -0.368. The smallest absolute Gasteiger partial charge is 0.263 e. The number of rotatable bonds is 6. The van der Waals surface area contributed by atoms with E-state index in [0.717, 1.165) is 5.56 Å². The van der Waals surface area contributed by atoms with Crippen molar-refractivity contribution in [1.82, 2.24) is 4.90 Å². The van der Waals surface area contributed by atoms with Crippen molar-refractivity contribution < 1.29 is 22.3 Å². The zero-order valence-electron chi connectivity index (χ0n) is 15.3. The minimum Gasteiger partial charge on any atom is -0.481 e. The van der Waals surface area contributed by atoms with E-state index in [2.05, 4.69) is 0 Å². The van der Waals surface area contributed by atoms with E-state index in [9.17, 15) is 17.6 Å². The molecule has 0 saturated carbocycles. The third-order valence-corrected chi connectivity index (χ3v) is 6.63. The molecule has 0 N–H and O–H groups in total. The Morgan fingerprint density at radius 1 is 1.29 bits per heavy atom. The maximum absolute atomic E-state index is 13.1. The molecule has 1 saturated heterocycles. The van der Waals surface area contributed by atoms with Crippen molar-refractivity contribution in [2.24, 2.45) is 0 Å². The van der Waals surface area contributed by atoms with Crippen LogP contribution in [0.3, 0.4) is 0 Å². The fourth-order valence-corrected chi connectivity index (χ4v) is 5.18. The highest BCUT2D eigenvalue weighted by atomic mass is 35.5. The van der Waals surface area contributed by atoms with Gasteiger partial charge in [-0.1, -0.05) is 23.7 Å². The predicted molar refractivity (Wildman–Crippen MR) is 106 cm³/mol. The van der Waals surface area contributed by atoms with Gasteiger partial charge < -0.3 is 9.64 Å². The third kappa shape index (κ3) is 5.23. The summed E-state index contributed by atoms with van der Waals surface area (Å²) < 4.78 is 42.6. The molecule has 1 amide bonds. The van der Waals surface area contributed by atoms with Gasteiger partial charge in [-0.2, -0.15) is 0 Å². The number of hydrogen-bond donors (Lipinski definition) is 0. The van der Waals surface area contributed by atoms with Gasteiger partial charge in [0, 0.05) is 17.6 Å². The van der Waals surface area contributed by atoms with Crippen molar-refractivity contribution in [3.8, 4) is 5.75 Å². The van der Waals surface area contributed by atoms with Crippen LogP contribution in [0, 0.1) is 5.82 Å². The number of ether oxygens (including phenoxy) is 1. The molecular formula is C20H21ClFNO4S. The highest BCUT2D eigenvalue weighted by molar-refractivity contribution is 7.91. The second-order valence-electron chi connectivity index (χ2n) is 6.87. The molecule has 0 bridgehead atoms. The van der Waals surface area contributed by atoms with Crippen molar-refractivity contribution in [2.45, 2.75) is 32.0 Å². The van der Waals surface area contributed by atoms with E-state index >= 15 is 0 Å². The van der Waals surface area contributed by atoms with Crippen LogP contribution in [0.5, 0.6) is 5.75 Å². The van der Waals surface area contributed by atoms with Crippen molar-refractivity contribution in [2.75, 3.05) is 11.5 Å². The van der Waals surface area contributed by atoms with E-state index in [1.54, 1.807) is 30.0 Å². The number of nitrogens with zero attached hydrogens (tertiary/aromatic N) is 1. The van der Waals surface area contributed by atoms with Crippen LogP contribution in [0.4, 0.5) is 4.39 Å². The van der Waals surface area contributed by atoms with Crippen molar-refractivity contribution in [3.05, 3.63) is 64.9 Å². The van der Waals surface area contributed by atoms with Crippen LogP contribution in [-0.4, -0.2) is 42.9 Å². The lowest BCUT2D eigenvalue weighted by Crippen LogP contribution is -2.46. The molecule has 2 aromatic carbocycles. The molecule has 1 aliphatic heterocycles. The minimum atomic E-state index is -3.17. The quantitative estimate of drug-likeness (QED) is 0.711. The SMILES string of the molecule is CC(Oc1ccc(F)cc1)C(=O)N(Cc1cccc(Cl)c1)C1CCS(=O)(=O)C1. The Labute approximate surface area is 169 Å². The largest absolute Gasteiger partial charge is 0.481 e. The van der Waals surface area contributed by atoms with E-state index in [1.807, 2.05) is 6.07 Å². The van der Waals surface area contributed by atoms with E-state index in [-0.39, 0.29) is 24.0 Å². The Morgan fingerprint density at radius 3 is 2.61 bits per heavy atom. The van der Waals surface area contributed by atoms with Gasteiger partial charge in [-0.15, -0.1) is 0 Å². The van der Waals surface area contributed by atoms with Gasteiger partial charge in [0.15, 0.2) is 15.9 Å². The number of hydrogen-bond acceptors (Lipinski definition) is 4. The van der Waals surface area contributed by atoms with Crippen molar-refractivity contribution in [3.63, 3.8) is 0 Å². The van der Waals surface area contributed by atoms with Gasteiger partial charge in [0.1, 0.15) is 11.6 Å². The number of halogens is 2. The number of carbonyl (C=O) groups is 1. The van der Waals surface area contributed by atoms with Gasteiger partial charge in [0.2, 0.25) is 0 Å². The second-order valence-corrected chi connectivity index (χ2v) is 9.53. The molecule has 0 radical (unpaired) electrons. The lowest BCUT2D eigenvalue weighted by Gasteiger charge is -2.31. The number of amides is 1. The van der Waals surface area contributed by atoms with Crippen LogP contribution in [0.1, 0.15) is 18.9 Å². The molecule has 2 unspecified atom stereocenters. The van der Waals surface area contributed by atoms with Gasteiger partial charge >= 0.3 is 0 Å². The summed E-state index contributed by atoms with van der Waals surface area (Å²) >= 11 is 6.04. The first-order valence-corrected chi connectivity index (χ1v) is 11.1.